The van der Waals surface area contributed by atoms with Gasteiger partial charge in [0.15, 0.2) is 5.82 Å². The monoisotopic (exact) mass is 277 g/mol. The molecule has 112 valence electrons. The van der Waals surface area contributed by atoms with E-state index in [0.717, 1.165) is 18.7 Å². The van der Waals surface area contributed by atoms with E-state index >= 15 is 0 Å². The van der Waals surface area contributed by atoms with E-state index < -0.39 is 0 Å². The van der Waals surface area contributed by atoms with Crippen molar-refractivity contribution in [1.82, 2.24) is 10.1 Å². The molecule has 0 bridgehead atoms. The fraction of sp³-hybridized carbons (Fsp3) is 0.875. The van der Waals surface area contributed by atoms with Crippen LogP contribution in [0.25, 0.3) is 0 Å². The highest BCUT2D eigenvalue weighted by Gasteiger charge is 2.38. The van der Waals surface area contributed by atoms with Crippen LogP contribution in [-0.4, -0.2) is 10.1 Å². The lowest BCUT2D eigenvalue weighted by atomic mass is 9.77. The van der Waals surface area contributed by atoms with Gasteiger partial charge in [-0.25, -0.2) is 0 Å². The van der Waals surface area contributed by atoms with Gasteiger partial charge in [-0.1, -0.05) is 50.6 Å². The van der Waals surface area contributed by atoms with Crippen molar-refractivity contribution in [2.75, 3.05) is 0 Å². The van der Waals surface area contributed by atoms with Crippen molar-refractivity contribution in [2.45, 2.75) is 82.6 Å². The molecule has 2 saturated carbocycles. The van der Waals surface area contributed by atoms with Crippen LogP contribution in [0.5, 0.6) is 0 Å². The standard InChI is InChI=1S/C16H27N3O/c1-12-7-6-10-16(17,11-12)15-18-14(19-20-15)13-8-4-2-3-5-9-13/h12-13H,2-11,17H2,1H3. The van der Waals surface area contributed by atoms with Gasteiger partial charge in [0.1, 0.15) is 0 Å². The highest BCUT2D eigenvalue weighted by Crippen LogP contribution is 2.38. The summed E-state index contributed by atoms with van der Waals surface area (Å²) in [4.78, 5) is 4.70. The first-order valence-corrected chi connectivity index (χ1v) is 8.30. The van der Waals surface area contributed by atoms with Crippen molar-refractivity contribution >= 4 is 0 Å². The number of nitrogens with zero attached hydrogens (tertiary/aromatic N) is 2. The second kappa shape index (κ2) is 5.84. The van der Waals surface area contributed by atoms with Crippen molar-refractivity contribution in [1.29, 1.82) is 0 Å². The Kier molecular flexibility index (Phi) is 4.11. The van der Waals surface area contributed by atoms with E-state index in [4.69, 9.17) is 15.2 Å². The van der Waals surface area contributed by atoms with Gasteiger partial charge in [0, 0.05) is 5.92 Å². The zero-order valence-electron chi connectivity index (χ0n) is 12.6. The van der Waals surface area contributed by atoms with Crippen LogP contribution in [0.2, 0.25) is 0 Å². The van der Waals surface area contributed by atoms with Crippen LogP contribution in [0, 0.1) is 5.92 Å². The molecule has 1 aromatic rings. The van der Waals surface area contributed by atoms with E-state index in [1.54, 1.807) is 0 Å². The Morgan fingerprint density at radius 2 is 1.85 bits per heavy atom. The molecule has 0 amide bonds. The molecule has 1 aromatic heterocycles. The Bertz CT molecular complexity index is 437. The Morgan fingerprint density at radius 1 is 1.10 bits per heavy atom. The topological polar surface area (TPSA) is 64.9 Å². The summed E-state index contributed by atoms with van der Waals surface area (Å²) >= 11 is 0. The molecule has 20 heavy (non-hydrogen) atoms. The molecule has 4 nitrogen and oxygen atoms in total. The smallest absolute Gasteiger partial charge is 0.246 e. The molecule has 0 aliphatic heterocycles. The van der Waals surface area contributed by atoms with Gasteiger partial charge in [0.2, 0.25) is 5.89 Å². The molecule has 2 atom stereocenters. The lowest BCUT2D eigenvalue weighted by Crippen LogP contribution is -2.41. The van der Waals surface area contributed by atoms with Gasteiger partial charge in [-0.2, -0.15) is 4.98 Å². The summed E-state index contributed by atoms with van der Waals surface area (Å²) in [6.07, 6.45) is 12.1. The molecule has 1 heterocycles. The van der Waals surface area contributed by atoms with Gasteiger partial charge in [0.05, 0.1) is 5.54 Å². The van der Waals surface area contributed by atoms with Crippen molar-refractivity contribution in [3.63, 3.8) is 0 Å². The van der Waals surface area contributed by atoms with Crippen LogP contribution in [0.3, 0.4) is 0 Å². The van der Waals surface area contributed by atoms with Crippen LogP contribution < -0.4 is 5.73 Å². The molecular formula is C16H27N3O. The highest BCUT2D eigenvalue weighted by atomic mass is 16.5. The fourth-order valence-corrected chi connectivity index (χ4v) is 3.93. The van der Waals surface area contributed by atoms with E-state index in [1.807, 2.05) is 0 Å². The average Bonchev–Trinajstić information content (AvgIpc) is 2.76. The van der Waals surface area contributed by atoms with Crippen LogP contribution in [0.15, 0.2) is 4.52 Å². The lowest BCUT2D eigenvalue weighted by Gasteiger charge is -2.33. The minimum absolute atomic E-state index is 0.381. The van der Waals surface area contributed by atoms with E-state index in [0.29, 0.717) is 17.7 Å². The van der Waals surface area contributed by atoms with Crippen LogP contribution in [0.4, 0.5) is 0 Å². The Labute approximate surface area is 121 Å². The molecule has 3 rings (SSSR count). The molecule has 2 N–H and O–H groups in total. The summed E-state index contributed by atoms with van der Waals surface area (Å²) in [5.74, 6) is 2.73. The van der Waals surface area contributed by atoms with Gasteiger partial charge >= 0.3 is 0 Å². The van der Waals surface area contributed by atoms with E-state index in [9.17, 15) is 0 Å². The number of aromatic nitrogens is 2. The molecule has 2 unspecified atom stereocenters. The summed E-state index contributed by atoms with van der Waals surface area (Å²) in [6.45, 7) is 2.27. The van der Waals surface area contributed by atoms with Gasteiger partial charge < -0.3 is 10.3 Å². The first kappa shape index (κ1) is 14.1. The summed E-state index contributed by atoms with van der Waals surface area (Å²) in [5.41, 5.74) is 6.17. The SMILES string of the molecule is CC1CCCC(N)(c2nc(C3CCCCCC3)no2)C1. The molecule has 2 aliphatic rings. The van der Waals surface area contributed by atoms with Crippen LogP contribution in [-0.2, 0) is 5.54 Å². The molecular weight excluding hydrogens is 250 g/mol. The molecule has 0 aromatic carbocycles. The minimum atomic E-state index is -0.381. The maximum absolute atomic E-state index is 6.55. The first-order valence-electron chi connectivity index (χ1n) is 8.30. The molecule has 2 fully saturated rings. The van der Waals surface area contributed by atoms with Crippen molar-refractivity contribution in [3.05, 3.63) is 11.7 Å². The van der Waals surface area contributed by atoms with Gasteiger partial charge in [0.25, 0.3) is 0 Å². The molecule has 0 spiro atoms. The quantitative estimate of drug-likeness (QED) is 0.833. The second-order valence-corrected chi connectivity index (χ2v) is 7.00. The third kappa shape index (κ3) is 2.90. The van der Waals surface area contributed by atoms with Gasteiger partial charge in [-0.3, -0.25) is 0 Å². The lowest BCUT2D eigenvalue weighted by molar-refractivity contribution is 0.183. The van der Waals surface area contributed by atoms with Crippen LogP contribution in [0.1, 0.15) is 88.8 Å². The number of nitrogens with two attached hydrogens (primary N) is 1. The largest absolute Gasteiger partial charge is 0.337 e. The Balaban J connectivity index is 1.75. The maximum Gasteiger partial charge on any atom is 0.246 e. The zero-order valence-corrected chi connectivity index (χ0v) is 12.6. The van der Waals surface area contributed by atoms with Crippen molar-refractivity contribution in [3.8, 4) is 0 Å². The zero-order chi connectivity index (χ0) is 14.0. The summed E-state index contributed by atoms with van der Waals surface area (Å²) < 4.78 is 5.56. The first-order chi connectivity index (χ1) is 9.67. The summed E-state index contributed by atoms with van der Waals surface area (Å²) in [6, 6.07) is 0. The normalized spacial score (nSPS) is 33.0. The van der Waals surface area contributed by atoms with E-state index in [1.165, 1.54) is 51.4 Å². The predicted octanol–water partition coefficient (Wildman–Crippen LogP) is 3.87. The third-order valence-corrected chi connectivity index (χ3v) is 5.12. The van der Waals surface area contributed by atoms with Crippen molar-refractivity contribution < 1.29 is 4.52 Å². The average molecular weight is 277 g/mol. The fourth-order valence-electron chi connectivity index (χ4n) is 3.93. The Morgan fingerprint density at radius 3 is 2.55 bits per heavy atom. The molecule has 4 heteroatoms. The number of hydrogen-bond donors (Lipinski definition) is 1. The van der Waals surface area contributed by atoms with Crippen molar-refractivity contribution in [2.24, 2.45) is 11.7 Å². The van der Waals surface area contributed by atoms with E-state index in [2.05, 4.69) is 12.1 Å². The molecule has 0 radical (unpaired) electrons. The maximum atomic E-state index is 6.55. The van der Waals surface area contributed by atoms with E-state index in [-0.39, 0.29) is 5.54 Å². The van der Waals surface area contributed by atoms with Crippen LogP contribution >= 0.6 is 0 Å². The van der Waals surface area contributed by atoms with Gasteiger partial charge in [-0.05, 0) is 31.6 Å². The second-order valence-electron chi connectivity index (χ2n) is 7.00. The molecule has 2 aliphatic carbocycles. The number of rotatable bonds is 2. The number of hydrogen-bond acceptors (Lipinski definition) is 4. The minimum Gasteiger partial charge on any atom is -0.337 e. The molecule has 0 saturated heterocycles. The summed E-state index contributed by atoms with van der Waals surface area (Å²) in [5, 5.41) is 4.26. The Hall–Kier alpha value is -0.900. The predicted molar refractivity (Wildman–Crippen MR) is 78.2 cm³/mol. The third-order valence-electron chi connectivity index (χ3n) is 5.12. The van der Waals surface area contributed by atoms with Gasteiger partial charge in [-0.15, -0.1) is 0 Å². The highest BCUT2D eigenvalue weighted by molar-refractivity contribution is 5.06. The summed E-state index contributed by atoms with van der Waals surface area (Å²) in [7, 11) is 0.